The number of hydrogen-bond donors (Lipinski definition) is 2. The van der Waals surface area contributed by atoms with E-state index in [0.29, 0.717) is 17.4 Å². The predicted octanol–water partition coefficient (Wildman–Crippen LogP) is 20.1. The van der Waals surface area contributed by atoms with Gasteiger partial charge in [-0.15, -0.1) is 0 Å². The maximum atomic E-state index is 13.0. The molecule has 0 spiro atoms. The molecular weight excluding hydrogens is 948 g/mol. The molecule has 3 atom stereocenters. The highest BCUT2D eigenvalue weighted by molar-refractivity contribution is 7.45. The van der Waals surface area contributed by atoms with Gasteiger partial charge in [-0.2, -0.15) is 0 Å². The number of amides is 1. The number of aliphatic hydroxyl groups is 1. The van der Waals surface area contributed by atoms with Gasteiger partial charge in [0.05, 0.1) is 39.9 Å². The lowest BCUT2D eigenvalue weighted by Gasteiger charge is -2.29. The van der Waals surface area contributed by atoms with Crippen molar-refractivity contribution < 1.29 is 32.9 Å². The maximum Gasteiger partial charge on any atom is 0.268 e. The minimum atomic E-state index is -4.61. The number of quaternary nitrogens is 1. The molecule has 1 amide bonds. The number of likely N-dealkylation sites (N-methyl/N-ethyl adjacent to an activating group) is 1. The second kappa shape index (κ2) is 57.7. The lowest BCUT2D eigenvalue weighted by molar-refractivity contribution is -0.870. The Bertz CT molecular complexity index is 1270. The van der Waals surface area contributed by atoms with Crippen molar-refractivity contribution in [2.24, 2.45) is 0 Å². The van der Waals surface area contributed by atoms with Crippen molar-refractivity contribution >= 4 is 13.7 Å². The number of phosphoric ester groups is 1. The molecular formula is C66H131N2O6P. The van der Waals surface area contributed by atoms with Gasteiger partial charge in [-0.3, -0.25) is 9.36 Å². The van der Waals surface area contributed by atoms with Crippen LogP contribution in [0.1, 0.15) is 341 Å². The lowest BCUT2D eigenvalue weighted by Crippen LogP contribution is -2.45. The molecule has 0 aliphatic heterocycles. The van der Waals surface area contributed by atoms with Gasteiger partial charge >= 0.3 is 0 Å². The maximum absolute atomic E-state index is 13.0. The van der Waals surface area contributed by atoms with Gasteiger partial charge in [-0.25, -0.2) is 0 Å². The Labute approximate surface area is 468 Å². The number of nitrogens with one attached hydrogen (secondary N) is 1. The van der Waals surface area contributed by atoms with Gasteiger partial charge in [0.1, 0.15) is 13.2 Å². The molecule has 0 aliphatic carbocycles. The largest absolute Gasteiger partial charge is 0.756 e. The Hall–Kier alpha value is -1.02. The molecule has 0 bridgehead atoms. The van der Waals surface area contributed by atoms with Crippen LogP contribution in [-0.4, -0.2) is 68.5 Å². The van der Waals surface area contributed by atoms with E-state index >= 15 is 0 Å². The van der Waals surface area contributed by atoms with Crippen molar-refractivity contribution in [2.75, 3.05) is 40.9 Å². The molecule has 0 aromatic rings. The molecule has 2 N–H and O–H groups in total. The van der Waals surface area contributed by atoms with Crippen molar-refractivity contribution in [3.05, 3.63) is 24.3 Å². The normalized spacial score (nSPS) is 13.9. The van der Waals surface area contributed by atoms with Crippen LogP contribution in [0, 0.1) is 0 Å². The van der Waals surface area contributed by atoms with Crippen molar-refractivity contribution in [3.8, 4) is 0 Å². The molecule has 0 rings (SSSR count). The summed E-state index contributed by atoms with van der Waals surface area (Å²) in [5.41, 5.74) is 0. The van der Waals surface area contributed by atoms with Crippen LogP contribution < -0.4 is 10.2 Å². The average molecular weight is 1080 g/mol. The number of hydrogen-bond acceptors (Lipinski definition) is 6. The van der Waals surface area contributed by atoms with Gasteiger partial charge in [0.25, 0.3) is 7.82 Å². The van der Waals surface area contributed by atoms with Crippen LogP contribution in [0.4, 0.5) is 0 Å². The molecule has 0 radical (unpaired) electrons. The summed E-state index contributed by atoms with van der Waals surface area (Å²) in [6.45, 7) is 4.69. The summed E-state index contributed by atoms with van der Waals surface area (Å²) in [6.07, 6.45) is 74.4. The van der Waals surface area contributed by atoms with E-state index in [9.17, 15) is 19.4 Å². The van der Waals surface area contributed by atoms with E-state index in [2.05, 4.69) is 31.3 Å². The minimum absolute atomic E-state index is 0.00350. The molecule has 0 aromatic carbocycles. The fourth-order valence-corrected chi connectivity index (χ4v) is 11.0. The molecule has 3 unspecified atom stereocenters. The molecule has 0 aliphatic rings. The Morgan fingerprint density at radius 3 is 1.08 bits per heavy atom. The zero-order valence-electron chi connectivity index (χ0n) is 51.0. The van der Waals surface area contributed by atoms with Crippen molar-refractivity contribution in [1.29, 1.82) is 0 Å². The van der Waals surface area contributed by atoms with Crippen LogP contribution >= 0.6 is 7.82 Å². The zero-order valence-corrected chi connectivity index (χ0v) is 51.9. The Morgan fingerprint density at radius 1 is 0.453 bits per heavy atom. The van der Waals surface area contributed by atoms with Gasteiger partial charge in [-0.1, -0.05) is 327 Å². The third-order valence-corrected chi connectivity index (χ3v) is 16.4. The SMILES string of the molecule is CCCCCCCCCCCCCCCCCCC/C=C/CC/C=C/C(O)C(COP(=O)([O-])OCC[N+](C)(C)C)NC(=O)CCCCCCCCCCCCCCCCCCCCCCCCCCCCCCCC. The summed E-state index contributed by atoms with van der Waals surface area (Å²) in [5, 5.41) is 13.9. The fourth-order valence-electron chi connectivity index (χ4n) is 10.2. The first-order valence-electron chi connectivity index (χ1n) is 33.2. The van der Waals surface area contributed by atoms with E-state index in [0.717, 1.165) is 38.5 Å². The Balaban J connectivity index is 4.08. The fraction of sp³-hybridized carbons (Fsp3) is 0.924. The number of phosphoric acid groups is 1. The first kappa shape index (κ1) is 74.0. The van der Waals surface area contributed by atoms with Crippen LogP contribution in [0.3, 0.4) is 0 Å². The highest BCUT2D eigenvalue weighted by Crippen LogP contribution is 2.38. The standard InChI is InChI=1S/C66H131N2O6P/c1-6-8-10-12-14-16-18-20-22-24-26-28-30-31-32-33-34-35-36-38-40-42-44-46-48-50-52-54-56-58-60-66(70)67-64(63-74-75(71,72)73-62-61-68(3,4)5)65(69)59-57-55-53-51-49-47-45-43-41-39-37-29-27-25-23-21-19-17-15-13-11-9-7-2/h49,51,57,59,64-65,69H,6-48,50,52-56,58,60-63H2,1-5H3,(H-,67,70,71,72)/b51-49+,59-57+. The summed E-state index contributed by atoms with van der Waals surface area (Å²) < 4.78 is 23.4. The number of nitrogens with zero attached hydrogens (tertiary/aromatic N) is 1. The highest BCUT2D eigenvalue weighted by atomic mass is 31.2. The smallest absolute Gasteiger partial charge is 0.268 e. The first-order valence-corrected chi connectivity index (χ1v) is 34.7. The van der Waals surface area contributed by atoms with Crippen molar-refractivity contribution in [3.63, 3.8) is 0 Å². The van der Waals surface area contributed by atoms with Crippen LogP contribution in [0.2, 0.25) is 0 Å². The number of carbonyl (C=O) groups excluding carboxylic acids is 1. The summed E-state index contributed by atoms with van der Waals surface area (Å²) in [5.74, 6) is -0.199. The van der Waals surface area contributed by atoms with E-state index in [-0.39, 0.29) is 19.1 Å². The molecule has 8 nitrogen and oxygen atoms in total. The quantitative estimate of drug-likeness (QED) is 0.0272. The number of rotatable bonds is 62. The highest BCUT2D eigenvalue weighted by Gasteiger charge is 2.23. The number of aliphatic hydroxyl groups excluding tert-OH is 1. The van der Waals surface area contributed by atoms with Crippen molar-refractivity contribution in [2.45, 2.75) is 353 Å². The third-order valence-electron chi connectivity index (χ3n) is 15.4. The van der Waals surface area contributed by atoms with Crippen LogP contribution in [0.25, 0.3) is 0 Å². The summed E-state index contributed by atoms with van der Waals surface area (Å²) >= 11 is 0. The van der Waals surface area contributed by atoms with Gasteiger partial charge in [0.2, 0.25) is 5.91 Å². The molecule has 0 aromatic heterocycles. The monoisotopic (exact) mass is 1080 g/mol. The predicted molar refractivity (Wildman–Crippen MR) is 325 cm³/mol. The average Bonchev–Trinajstić information content (AvgIpc) is 3.37. The van der Waals surface area contributed by atoms with E-state index < -0.39 is 20.0 Å². The summed E-state index contributed by atoms with van der Waals surface area (Å²) in [7, 11) is 1.26. The molecule has 75 heavy (non-hydrogen) atoms. The third kappa shape index (κ3) is 60.5. The summed E-state index contributed by atoms with van der Waals surface area (Å²) in [4.78, 5) is 25.6. The molecule has 0 heterocycles. The van der Waals surface area contributed by atoms with E-state index in [1.54, 1.807) is 6.08 Å². The molecule has 0 saturated carbocycles. The number of carbonyl (C=O) groups is 1. The molecule has 446 valence electrons. The van der Waals surface area contributed by atoms with Gasteiger partial charge in [0.15, 0.2) is 0 Å². The second-order valence-electron chi connectivity index (χ2n) is 24.2. The van der Waals surface area contributed by atoms with Crippen LogP contribution in [-0.2, 0) is 18.4 Å². The van der Waals surface area contributed by atoms with E-state index in [1.165, 1.54) is 283 Å². The van der Waals surface area contributed by atoms with E-state index in [4.69, 9.17) is 9.05 Å². The lowest BCUT2D eigenvalue weighted by atomic mass is 10.0. The van der Waals surface area contributed by atoms with Gasteiger partial charge in [-0.05, 0) is 32.1 Å². The molecule has 0 fully saturated rings. The first-order chi connectivity index (χ1) is 36.5. The van der Waals surface area contributed by atoms with Gasteiger partial charge in [0, 0.05) is 6.42 Å². The van der Waals surface area contributed by atoms with Crippen LogP contribution in [0.5, 0.6) is 0 Å². The minimum Gasteiger partial charge on any atom is -0.756 e. The Kier molecular flexibility index (Phi) is 56.9. The van der Waals surface area contributed by atoms with E-state index in [1.807, 2.05) is 27.2 Å². The molecule has 0 saturated heterocycles. The second-order valence-corrected chi connectivity index (χ2v) is 25.6. The number of unbranched alkanes of at least 4 members (excludes halogenated alkanes) is 47. The van der Waals surface area contributed by atoms with Gasteiger partial charge < -0.3 is 28.8 Å². The summed E-state index contributed by atoms with van der Waals surface area (Å²) in [6, 6.07) is -0.901. The van der Waals surface area contributed by atoms with Crippen LogP contribution in [0.15, 0.2) is 24.3 Å². The topological polar surface area (TPSA) is 108 Å². The van der Waals surface area contributed by atoms with Crippen molar-refractivity contribution in [1.82, 2.24) is 5.32 Å². The zero-order chi connectivity index (χ0) is 54.9. The number of allylic oxidation sites excluding steroid dienone is 3. The molecule has 9 heteroatoms. The Morgan fingerprint density at radius 2 is 0.747 bits per heavy atom.